The maximum absolute atomic E-state index is 12.5. The molecule has 2 saturated carbocycles. The van der Waals surface area contributed by atoms with Gasteiger partial charge in [-0.2, -0.15) is 0 Å². The summed E-state index contributed by atoms with van der Waals surface area (Å²) in [5.41, 5.74) is 0.0815. The standard InChI is InChI=1S/C16H26N2O3/c1-15(2,3)11-5-12(6-11)18(4)13(19)10-7-16(8-10)9-21-14(20)17-16/h10-12H,5-9H2,1-4H3,(H,17,20). The van der Waals surface area contributed by atoms with Crippen molar-refractivity contribution < 1.29 is 14.3 Å². The van der Waals surface area contributed by atoms with Crippen LogP contribution in [0.4, 0.5) is 4.79 Å². The molecule has 2 aliphatic carbocycles. The third kappa shape index (κ3) is 2.51. The molecular formula is C16H26N2O3. The van der Waals surface area contributed by atoms with Gasteiger partial charge < -0.3 is 15.0 Å². The number of nitrogens with one attached hydrogen (secondary N) is 1. The average molecular weight is 294 g/mol. The van der Waals surface area contributed by atoms with Crippen LogP contribution < -0.4 is 5.32 Å². The number of rotatable bonds is 2. The number of hydrogen-bond acceptors (Lipinski definition) is 3. The highest BCUT2D eigenvalue weighted by atomic mass is 16.6. The maximum Gasteiger partial charge on any atom is 0.407 e. The minimum Gasteiger partial charge on any atom is -0.447 e. The SMILES string of the molecule is CN(C(=O)C1CC2(COC(=O)N2)C1)C1CC(C(C)(C)C)C1. The first-order valence-electron chi connectivity index (χ1n) is 7.92. The van der Waals surface area contributed by atoms with Gasteiger partial charge >= 0.3 is 6.09 Å². The molecule has 0 aromatic heterocycles. The van der Waals surface area contributed by atoms with E-state index < -0.39 is 0 Å². The van der Waals surface area contributed by atoms with Gasteiger partial charge in [0, 0.05) is 19.0 Å². The van der Waals surface area contributed by atoms with Crippen LogP contribution in [0.25, 0.3) is 0 Å². The maximum atomic E-state index is 12.5. The van der Waals surface area contributed by atoms with Gasteiger partial charge in [0.15, 0.2) is 0 Å². The molecule has 0 aromatic rings. The minimum absolute atomic E-state index is 0.0469. The number of carbonyl (C=O) groups excluding carboxylic acids is 2. The summed E-state index contributed by atoms with van der Waals surface area (Å²) in [4.78, 5) is 25.6. The van der Waals surface area contributed by atoms with E-state index in [1.54, 1.807) is 0 Å². The van der Waals surface area contributed by atoms with Gasteiger partial charge in [-0.05, 0) is 37.0 Å². The molecule has 0 bridgehead atoms. The Balaban J connectivity index is 1.48. The fourth-order valence-electron chi connectivity index (χ4n) is 3.85. The van der Waals surface area contributed by atoms with E-state index in [0.29, 0.717) is 24.0 Å². The molecule has 3 fully saturated rings. The quantitative estimate of drug-likeness (QED) is 0.849. The fourth-order valence-corrected chi connectivity index (χ4v) is 3.85. The van der Waals surface area contributed by atoms with Crippen LogP contribution in [0.15, 0.2) is 0 Å². The average Bonchev–Trinajstić information content (AvgIpc) is 2.64. The molecule has 2 amide bonds. The first kappa shape index (κ1) is 14.7. The minimum atomic E-state index is -0.346. The molecule has 0 radical (unpaired) electrons. The van der Waals surface area contributed by atoms with Crippen LogP contribution in [0.2, 0.25) is 0 Å². The van der Waals surface area contributed by atoms with Crippen molar-refractivity contribution in [2.45, 2.75) is 58.0 Å². The Morgan fingerprint density at radius 3 is 2.43 bits per heavy atom. The van der Waals surface area contributed by atoms with Crippen LogP contribution in [0.5, 0.6) is 0 Å². The molecule has 1 saturated heterocycles. The van der Waals surface area contributed by atoms with Gasteiger partial charge in [-0.1, -0.05) is 20.8 Å². The molecule has 0 atom stereocenters. The molecule has 3 rings (SSSR count). The van der Waals surface area contributed by atoms with Crippen molar-refractivity contribution in [2.75, 3.05) is 13.7 Å². The van der Waals surface area contributed by atoms with E-state index in [2.05, 4.69) is 26.1 Å². The Labute approximate surface area is 126 Å². The lowest BCUT2D eigenvalue weighted by Crippen LogP contribution is -2.59. The predicted molar refractivity (Wildman–Crippen MR) is 78.7 cm³/mol. The number of amides is 2. The highest BCUT2D eigenvalue weighted by molar-refractivity contribution is 5.81. The Bertz CT molecular complexity index is 457. The van der Waals surface area contributed by atoms with E-state index >= 15 is 0 Å². The molecule has 1 N–H and O–H groups in total. The van der Waals surface area contributed by atoms with Crippen molar-refractivity contribution in [2.24, 2.45) is 17.3 Å². The zero-order valence-electron chi connectivity index (χ0n) is 13.4. The number of carbonyl (C=O) groups is 2. The molecule has 21 heavy (non-hydrogen) atoms. The van der Waals surface area contributed by atoms with Crippen molar-refractivity contribution in [1.82, 2.24) is 10.2 Å². The molecular weight excluding hydrogens is 268 g/mol. The summed E-state index contributed by atoms with van der Waals surface area (Å²) in [5, 5.41) is 2.84. The molecule has 0 unspecified atom stereocenters. The molecule has 1 aliphatic heterocycles. The first-order valence-corrected chi connectivity index (χ1v) is 7.92. The topological polar surface area (TPSA) is 58.6 Å². The summed E-state index contributed by atoms with van der Waals surface area (Å²) < 4.78 is 4.96. The summed E-state index contributed by atoms with van der Waals surface area (Å²) >= 11 is 0. The van der Waals surface area contributed by atoms with E-state index in [1.165, 1.54) is 0 Å². The van der Waals surface area contributed by atoms with E-state index in [4.69, 9.17) is 4.74 Å². The Kier molecular flexibility index (Phi) is 3.22. The van der Waals surface area contributed by atoms with E-state index in [0.717, 1.165) is 25.7 Å². The Morgan fingerprint density at radius 2 is 1.95 bits per heavy atom. The number of alkyl carbamates (subject to hydrolysis) is 1. The third-order valence-corrected chi connectivity index (χ3v) is 5.70. The van der Waals surface area contributed by atoms with Gasteiger partial charge in [0.25, 0.3) is 0 Å². The summed E-state index contributed by atoms with van der Waals surface area (Å²) in [6.07, 6.45) is 3.32. The molecule has 3 aliphatic rings. The van der Waals surface area contributed by atoms with Crippen LogP contribution in [-0.4, -0.2) is 42.1 Å². The Morgan fingerprint density at radius 1 is 1.33 bits per heavy atom. The van der Waals surface area contributed by atoms with Gasteiger partial charge in [0.2, 0.25) is 5.91 Å². The van der Waals surface area contributed by atoms with Gasteiger partial charge in [0.1, 0.15) is 6.61 Å². The lowest BCUT2D eigenvalue weighted by Gasteiger charge is -2.50. The van der Waals surface area contributed by atoms with Crippen molar-refractivity contribution in [1.29, 1.82) is 0 Å². The fraction of sp³-hybridized carbons (Fsp3) is 0.875. The zero-order chi connectivity index (χ0) is 15.4. The van der Waals surface area contributed by atoms with Crippen LogP contribution in [-0.2, 0) is 9.53 Å². The van der Waals surface area contributed by atoms with Crippen LogP contribution in [0, 0.1) is 17.3 Å². The van der Waals surface area contributed by atoms with Crippen molar-refractivity contribution in [3.8, 4) is 0 Å². The number of nitrogens with zero attached hydrogens (tertiary/aromatic N) is 1. The molecule has 5 heteroatoms. The van der Waals surface area contributed by atoms with E-state index in [-0.39, 0.29) is 23.5 Å². The van der Waals surface area contributed by atoms with Gasteiger partial charge in [-0.3, -0.25) is 4.79 Å². The van der Waals surface area contributed by atoms with Gasteiger partial charge in [0.05, 0.1) is 5.54 Å². The summed E-state index contributed by atoms with van der Waals surface area (Å²) in [7, 11) is 1.93. The lowest BCUT2D eigenvalue weighted by molar-refractivity contribution is -0.145. The molecule has 1 spiro atoms. The predicted octanol–water partition coefficient (Wildman–Crippen LogP) is 2.16. The monoisotopic (exact) mass is 294 g/mol. The molecule has 5 nitrogen and oxygen atoms in total. The number of cyclic esters (lactones) is 1. The van der Waals surface area contributed by atoms with E-state index in [1.807, 2.05) is 11.9 Å². The number of hydrogen-bond donors (Lipinski definition) is 1. The zero-order valence-corrected chi connectivity index (χ0v) is 13.4. The first-order chi connectivity index (χ1) is 9.70. The second-order valence-electron chi connectivity index (χ2n) is 8.22. The normalized spacial score (nSPS) is 38.3. The third-order valence-electron chi connectivity index (χ3n) is 5.70. The Hall–Kier alpha value is -1.26. The van der Waals surface area contributed by atoms with Gasteiger partial charge in [-0.25, -0.2) is 4.79 Å². The van der Waals surface area contributed by atoms with Gasteiger partial charge in [-0.15, -0.1) is 0 Å². The molecule has 0 aromatic carbocycles. The summed E-state index contributed by atoms with van der Waals surface area (Å²) in [6, 6.07) is 0.396. The van der Waals surface area contributed by atoms with Crippen LogP contribution in [0.1, 0.15) is 46.5 Å². The largest absolute Gasteiger partial charge is 0.447 e. The summed E-state index contributed by atoms with van der Waals surface area (Å²) in [6.45, 7) is 7.23. The highest BCUT2D eigenvalue weighted by Crippen LogP contribution is 2.45. The second-order valence-corrected chi connectivity index (χ2v) is 8.22. The van der Waals surface area contributed by atoms with Crippen molar-refractivity contribution in [3.63, 3.8) is 0 Å². The van der Waals surface area contributed by atoms with Crippen LogP contribution in [0.3, 0.4) is 0 Å². The van der Waals surface area contributed by atoms with Crippen molar-refractivity contribution in [3.05, 3.63) is 0 Å². The van der Waals surface area contributed by atoms with Crippen molar-refractivity contribution >= 4 is 12.0 Å². The second kappa shape index (κ2) is 4.62. The lowest BCUT2D eigenvalue weighted by atomic mass is 9.64. The van der Waals surface area contributed by atoms with Crippen LogP contribution >= 0.6 is 0 Å². The number of ether oxygens (including phenoxy) is 1. The van der Waals surface area contributed by atoms with E-state index in [9.17, 15) is 9.59 Å². The molecule has 1 heterocycles. The molecule has 118 valence electrons. The smallest absolute Gasteiger partial charge is 0.407 e. The summed E-state index contributed by atoms with van der Waals surface area (Å²) in [5.74, 6) is 0.998. The highest BCUT2D eigenvalue weighted by Gasteiger charge is 2.54.